The Bertz CT molecular complexity index is 735. The summed E-state index contributed by atoms with van der Waals surface area (Å²) in [5, 5.41) is 3.05. The molecule has 25 heavy (non-hydrogen) atoms. The summed E-state index contributed by atoms with van der Waals surface area (Å²) in [6, 6.07) is 3.95. The summed E-state index contributed by atoms with van der Waals surface area (Å²) >= 11 is 6.05. The van der Waals surface area contributed by atoms with Gasteiger partial charge in [-0.3, -0.25) is 19.3 Å². The maximum absolute atomic E-state index is 12.5. The van der Waals surface area contributed by atoms with E-state index in [1.54, 1.807) is 25.1 Å². The van der Waals surface area contributed by atoms with Crippen molar-refractivity contribution in [1.82, 2.24) is 4.90 Å². The van der Waals surface area contributed by atoms with Crippen LogP contribution in [0.1, 0.15) is 19.8 Å². The molecule has 3 rings (SSSR count). The topological polar surface area (TPSA) is 75.7 Å². The lowest BCUT2D eigenvalue weighted by molar-refractivity contribution is -0.146. The lowest BCUT2D eigenvalue weighted by Gasteiger charge is -2.22. The second kappa shape index (κ2) is 6.88. The van der Waals surface area contributed by atoms with Gasteiger partial charge in [0.25, 0.3) is 0 Å². The molecule has 0 saturated carbocycles. The Hall–Kier alpha value is -2.34. The Balaban J connectivity index is 1.73. The van der Waals surface area contributed by atoms with Crippen LogP contribution in [-0.2, 0) is 14.4 Å². The number of imide groups is 1. The SMILES string of the molecule is COc1ccc(NC(=O)[C@H](C)N2C(=O)[C@H]3CC=CC[C@@H]3C2=O)cc1Cl. The molecule has 0 bridgehead atoms. The van der Waals surface area contributed by atoms with Gasteiger partial charge in [-0.1, -0.05) is 23.8 Å². The van der Waals surface area contributed by atoms with Crippen molar-refractivity contribution in [1.29, 1.82) is 0 Å². The third kappa shape index (κ3) is 3.14. The fourth-order valence-corrected chi connectivity index (χ4v) is 3.57. The summed E-state index contributed by atoms with van der Waals surface area (Å²) in [5.74, 6) is -1.17. The molecule has 1 N–H and O–H groups in total. The molecule has 1 saturated heterocycles. The molecular formula is C18H19ClN2O4. The standard InChI is InChI=1S/C18H19ClN2O4/c1-10(16(22)20-11-7-8-15(25-2)14(19)9-11)21-17(23)12-5-3-4-6-13(12)18(21)24/h3-4,7-10,12-13H,5-6H2,1-2H3,(H,20,22)/t10-,12-,13-/m0/s1. The predicted molar refractivity (Wildman–Crippen MR) is 93.3 cm³/mol. The molecule has 0 unspecified atom stereocenters. The summed E-state index contributed by atoms with van der Waals surface area (Å²) in [6.07, 6.45) is 4.93. The average Bonchev–Trinajstić information content (AvgIpc) is 2.86. The maximum atomic E-state index is 12.5. The van der Waals surface area contributed by atoms with Crippen LogP contribution >= 0.6 is 11.6 Å². The number of benzene rings is 1. The molecule has 0 radical (unpaired) electrons. The van der Waals surface area contributed by atoms with Gasteiger partial charge in [0.1, 0.15) is 11.8 Å². The summed E-state index contributed by atoms with van der Waals surface area (Å²) in [4.78, 5) is 38.7. The van der Waals surface area contributed by atoms with E-state index in [-0.39, 0.29) is 23.7 Å². The third-order valence-corrected chi connectivity index (χ3v) is 5.02. The first-order valence-electron chi connectivity index (χ1n) is 8.10. The van der Waals surface area contributed by atoms with Gasteiger partial charge in [0.05, 0.1) is 24.0 Å². The third-order valence-electron chi connectivity index (χ3n) is 4.73. The minimum absolute atomic E-state index is 0.269. The number of hydrogen-bond donors (Lipinski definition) is 1. The second-order valence-electron chi connectivity index (χ2n) is 6.22. The van der Waals surface area contributed by atoms with E-state index in [0.29, 0.717) is 29.3 Å². The van der Waals surface area contributed by atoms with Gasteiger partial charge in [0, 0.05) is 5.69 Å². The van der Waals surface area contributed by atoms with Crippen molar-refractivity contribution in [2.75, 3.05) is 12.4 Å². The molecule has 1 fully saturated rings. The van der Waals surface area contributed by atoms with E-state index in [9.17, 15) is 14.4 Å². The summed E-state index contributed by atoms with van der Waals surface area (Å²) in [6.45, 7) is 1.56. The van der Waals surface area contributed by atoms with Gasteiger partial charge in [-0.2, -0.15) is 0 Å². The molecule has 3 amide bonds. The van der Waals surface area contributed by atoms with Gasteiger partial charge >= 0.3 is 0 Å². The highest BCUT2D eigenvalue weighted by atomic mass is 35.5. The highest BCUT2D eigenvalue weighted by Gasteiger charge is 2.50. The van der Waals surface area contributed by atoms with Crippen molar-refractivity contribution < 1.29 is 19.1 Å². The quantitative estimate of drug-likeness (QED) is 0.660. The summed E-state index contributed by atoms with van der Waals surface area (Å²) in [5.41, 5.74) is 0.473. The van der Waals surface area contributed by atoms with Gasteiger partial charge < -0.3 is 10.1 Å². The first-order chi connectivity index (χ1) is 11.9. The number of fused-ring (bicyclic) bond motifs is 1. The monoisotopic (exact) mass is 362 g/mol. The molecule has 7 heteroatoms. The molecule has 1 aliphatic heterocycles. The van der Waals surface area contributed by atoms with Crippen molar-refractivity contribution in [3.63, 3.8) is 0 Å². The number of ether oxygens (including phenoxy) is 1. The molecule has 0 aromatic heterocycles. The van der Waals surface area contributed by atoms with Crippen molar-refractivity contribution in [2.45, 2.75) is 25.8 Å². The first kappa shape index (κ1) is 17.5. The number of nitrogens with one attached hydrogen (secondary N) is 1. The zero-order valence-electron chi connectivity index (χ0n) is 14.0. The van der Waals surface area contributed by atoms with Crippen molar-refractivity contribution in [3.05, 3.63) is 35.4 Å². The smallest absolute Gasteiger partial charge is 0.247 e. The van der Waals surface area contributed by atoms with E-state index >= 15 is 0 Å². The minimum atomic E-state index is -0.883. The Morgan fingerprint density at radius 3 is 2.36 bits per heavy atom. The largest absolute Gasteiger partial charge is 0.495 e. The zero-order valence-corrected chi connectivity index (χ0v) is 14.7. The Kier molecular flexibility index (Phi) is 4.81. The lowest BCUT2D eigenvalue weighted by atomic mass is 9.85. The Morgan fingerprint density at radius 2 is 1.84 bits per heavy atom. The molecule has 1 aromatic rings. The average molecular weight is 363 g/mol. The van der Waals surface area contributed by atoms with E-state index in [0.717, 1.165) is 4.90 Å². The number of anilines is 1. The van der Waals surface area contributed by atoms with E-state index in [2.05, 4.69) is 5.32 Å². The number of amides is 3. The molecule has 1 heterocycles. The fraction of sp³-hybridized carbons (Fsp3) is 0.389. The van der Waals surface area contributed by atoms with Crippen LogP contribution in [0.2, 0.25) is 5.02 Å². The Labute approximate surface area is 150 Å². The van der Waals surface area contributed by atoms with Crippen molar-refractivity contribution in [2.24, 2.45) is 11.8 Å². The minimum Gasteiger partial charge on any atom is -0.495 e. The number of carbonyl (C=O) groups excluding carboxylic acids is 3. The van der Waals surface area contributed by atoms with Gasteiger partial charge in [-0.05, 0) is 38.0 Å². The highest BCUT2D eigenvalue weighted by molar-refractivity contribution is 6.32. The van der Waals surface area contributed by atoms with Crippen molar-refractivity contribution in [3.8, 4) is 5.75 Å². The van der Waals surface area contributed by atoms with E-state index in [1.165, 1.54) is 7.11 Å². The predicted octanol–water partition coefficient (Wildman–Crippen LogP) is 2.63. The van der Waals surface area contributed by atoms with Gasteiger partial charge in [0.15, 0.2) is 0 Å². The molecular weight excluding hydrogens is 344 g/mol. The lowest BCUT2D eigenvalue weighted by Crippen LogP contribution is -2.46. The van der Waals surface area contributed by atoms with Crippen LogP contribution in [0, 0.1) is 11.8 Å². The normalized spacial score (nSPS) is 23.4. The number of carbonyl (C=O) groups is 3. The zero-order chi connectivity index (χ0) is 18.1. The van der Waals surface area contributed by atoms with E-state index < -0.39 is 11.9 Å². The number of rotatable bonds is 4. The first-order valence-corrected chi connectivity index (χ1v) is 8.48. The molecule has 132 valence electrons. The van der Waals surface area contributed by atoms with Crippen LogP contribution in [0.25, 0.3) is 0 Å². The van der Waals surface area contributed by atoms with Crippen LogP contribution in [0.3, 0.4) is 0 Å². The fourth-order valence-electron chi connectivity index (χ4n) is 3.32. The van der Waals surface area contributed by atoms with Crippen LogP contribution in [0.4, 0.5) is 5.69 Å². The number of likely N-dealkylation sites (tertiary alicyclic amines) is 1. The van der Waals surface area contributed by atoms with Gasteiger partial charge in [-0.15, -0.1) is 0 Å². The van der Waals surface area contributed by atoms with Crippen LogP contribution in [-0.4, -0.2) is 35.8 Å². The molecule has 0 spiro atoms. The number of methoxy groups -OCH3 is 1. The number of hydrogen-bond acceptors (Lipinski definition) is 4. The second-order valence-corrected chi connectivity index (χ2v) is 6.62. The van der Waals surface area contributed by atoms with Crippen LogP contribution < -0.4 is 10.1 Å². The molecule has 6 nitrogen and oxygen atoms in total. The van der Waals surface area contributed by atoms with Gasteiger partial charge in [0.2, 0.25) is 17.7 Å². The number of halogens is 1. The highest BCUT2D eigenvalue weighted by Crippen LogP contribution is 2.36. The molecule has 1 aliphatic carbocycles. The summed E-state index contributed by atoms with van der Waals surface area (Å²) < 4.78 is 5.07. The maximum Gasteiger partial charge on any atom is 0.247 e. The van der Waals surface area contributed by atoms with Crippen LogP contribution in [0.5, 0.6) is 5.75 Å². The van der Waals surface area contributed by atoms with Crippen molar-refractivity contribution >= 4 is 35.0 Å². The van der Waals surface area contributed by atoms with Gasteiger partial charge in [-0.25, -0.2) is 0 Å². The number of nitrogens with zero attached hydrogens (tertiary/aromatic N) is 1. The molecule has 2 aliphatic rings. The summed E-state index contributed by atoms with van der Waals surface area (Å²) in [7, 11) is 1.50. The molecule has 1 aromatic carbocycles. The van der Waals surface area contributed by atoms with Crippen LogP contribution in [0.15, 0.2) is 30.4 Å². The number of allylic oxidation sites excluding steroid dienone is 2. The Morgan fingerprint density at radius 1 is 1.24 bits per heavy atom. The molecule has 3 atom stereocenters. The van der Waals surface area contributed by atoms with E-state index in [1.807, 2.05) is 12.2 Å². The van der Waals surface area contributed by atoms with E-state index in [4.69, 9.17) is 16.3 Å².